The van der Waals surface area contributed by atoms with Gasteiger partial charge in [-0.25, -0.2) is 4.98 Å². The summed E-state index contributed by atoms with van der Waals surface area (Å²) in [7, 11) is 0. The van der Waals surface area contributed by atoms with Crippen LogP contribution in [0.15, 0.2) is 84.9 Å². The van der Waals surface area contributed by atoms with Crippen LogP contribution in [0.5, 0.6) is 0 Å². The first-order chi connectivity index (χ1) is 19.9. The van der Waals surface area contributed by atoms with E-state index in [0.717, 1.165) is 60.3 Å². The van der Waals surface area contributed by atoms with E-state index in [1.165, 1.54) is 44.2 Å². The molecule has 0 bridgehead atoms. The van der Waals surface area contributed by atoms with Gasteiger partial charge in [0.15, 0.2) is 0 Å². The third-order valence-corrected chi connectivity index (χ3v) is 8.16. The van der Waals surface area contributed by atoms with Gasteiger partial charge in [-0.15, -0.1) is 0 Å². The van der Waals surface area contributed by atoms with Gasteiger partial charge in [0.25, 0.3) is 0 Å². The van der Waals surface area contributed by atoms with Gasteiger partial charge in [0.2, 0.25) is 0 Å². The molecule has 1 fully saturated rings. The minimum atomic E-state index is -4.35. The van der Waals surface area contributed by atoms with Crippen LogP contribution in [0, 0.1) is 5.92 Å². The van der Waals surface area contributed by atoms with E-state index in [1.54, 1.807) is 0 Å². The molecule has 0 amide bonds. The van der Waals surface area contributed by atoms with Gasteiger partial charge in [-0.2, -0.15) is 13.2 Å². The molecule has 5 rings (SSSR count). The number of halogens is 3. The largest absolute Gasteiger partial charge is 0.416 e. The molecule has 4 aromatic rings. The lowest BCUT2D eigenvalue weighted by Gasteiger charge is -2.30. The molecule has 1 aliphatic rings. The Bertz CT molecular complexity index is 1370. The summed E-state index contributed by atoms with van der Waals surface area (Å²) in [4.78, 5) is 7.61. The number of imidazole rings is 1. The molecule has 3 aromatic carbocycles. The number of unbranched alkanes of at least 4 members (excludes halogenated alkanes) is 1. The van der Waals surface area contributed by atoms with Crippen LogP contribution < -0.4 is 0 Å². The van der Waals surface area contributed by atoms with Crippen molar-refractivity contribution in [3.05, 3.63) is 102 Å². The Morgan fingerprint density at radius 2 is 1.51 bits per heavy atom. The normalized spacial score (nSPS) is 14.6. The molecule has 1 saturated carbocycles. The molecule has 0 aliphatic heterocycles. The van der Waals surface area contributed by atoms with E-state index in [-0.39, 0.29) is 0 Å². The van der Waals surface area contributed by atoms with Crippen molar-refractivity contribution < 1.29 is 13.2 Å². The van der Waals surface area contributed by atoms with E-state index < -0.39 is 11.7 Å². The second kappa shape index (κ2) is 13.5. The molecule has 0 atom stereocenters. The fraction of sp³-hybridized carbons (Fsp3) is 0.400. The van der Waals surface area contributed by atoms with Crippen LogP contribution in [0.1, 0.15) is 68.7 Å². The lowest BCUT2D eigenvalue weighted by atomic mass is 9.88. The fourth-order valence-electron chi connectivity index (χ4n) is 6.07. The van der Waals surface area contributed by atoms with Crippen LogP contribution in [0.3, 0.4) is 0 Å². The standard InChI is InChI=1S/C35H40F3N3/c1-2-3-22-41-32(33(29-17-9-5-10-18-29)39-34(41)30-19-11-6-12-20-30)26-40(24-27-14-7-4-8-15-27)25-28-16-13-21-31(23-28)35(36,37)38/h5-6,9-13,16-21,23,27H,2-4,7-8,14-15,22,24-26H2,1H3. The van der Waals surface area contributed by atoms with Crippen LogP contribution in [0.4, 0.5) is 13.2 Å². The first kappa shape index (κ1) is 29.1. The third-order valence-electron chi connectivity index (χ3n) is 8.16. The molecule has 216 valence electrons. The Morgan fingerprint density at radius 3 is 2.17 bits per heavy atom. The minimum absolute atomic E-state index is 0.467. The molecule has 0 radical (unpaired) electrons. The number of benzene rings is 3. The number of hydrogen-bond donors (Lipinski definition) is 0. The van der Waals surface area contributed by atoms with Gasteiger partial charge in [0.05, 0.1) is 17.0 Å². The molecule has 41 heavy (non-hydrogen) atoms. The maximum atomic E-state index is 13.6. The zero-order chi connectivity index (χ0) is 28.7. The molecule has 6 heteroatoms. The summed E-state index contributed by atoms with van der Waals surface area (Å²) in [5.74, 6) is 1.50. The number of alkyl halides is 3. The Morgan fingerprint density at radius 1 is 0.829 bits per heavy atom. The van der Waals surface area contributed by atoms with Gasteiger partial charge < -0.3 is 4.57 Å². The lowest BCUT2D eigenvalue weighted by Crippen LogP contribution is -2.31. The molecule has 3 nitrogen and oxygen atoms in total. The van der Waals surface area contributed by atoms with Crippen LogP contribution in [0.25, 0.3) is 22.6 Å². The zero-order valence-electron chi connectivity index (χ0n) is 23.9. The van der Waals surface area contributed by atoms with Crippen molar-refractivity contribution in [2.24, 2.45) is 5.92 Å². The molecule has 0 saturated heterocycles. The van der Waals surface area contributed by atoms with Crippen LogP contribution >= 0.6 is 0 Å². The first-order valence-corrected chi connectivity index (χ1v) is 15.0. The molecule has 0 unspecified atom stereocenters. The van der Waals surface area contributed by atoms with Crippen molar-refractivity contribution in [2.45, 2.75) is 77.7 Å². The number of rotatable bonds is 11. The highest BCUT2D eigenvalue weighted by molar-refractivity contribution is 5.68. The van der Waals surface area contributed by atoms with E-state index in [1.807, 2.05) is 42.5 Å². The lowest BCUT2D eigenvalue weighted by molar-refractivity contribution is -0.137. The molecule has 0 N–H and O–H groups in total. The summed E-state index contributed by atoms with van der Waals surface area (Å²) in [6.45, 7) is 5.00. The van der Waals surface area contributed by atoms with Gasteiger partial charge in [-0.1, -0.05) is 111 Å². The van der Waals surface area contributed by atoms with Crippen molar-refractivity contribution in [3.63, 3.8) is 0 Å². The summed E-state index contributed by atoms with van der Waals surface area (Å²) >= 11 is 0. The first-order valence-electron chi connectivity index (χ1n) is 15.0. The van der Waals surface area contributed by atoms with E-state index in [9.17, 15) is 13.2 Å². The zero-order valence-corrected chi connectivity index (χ0v) is 23.9. The molecule has 1 aromatic heterocycles. The van der Waals surface area contributed by atoms with Crippen molar-refractivity contribution >= 4 is 0 Å². The molecule has 1 aliphatic carbocycles. The van der Waals surface area contributed by atoms with Crippen LogP contribution in [0.2, 0.25) is 0 Å². The van der Waals surface area contributed by atoms with Crippen molar-refractivity contribution in [1.82, 2.24) is 14.5 Å². The van der Waals surface area contributed by atoms with Crippen LogP contribution in [-0.2, 0) is 25.8 Å². The van der Waals surface area contributed by atoms with Gasteiger partial charge >= 0.3 is 6.18 Å². The van der Waals surface area contributed by atoms with Crippen molar-refractivity contribution in [3.8, 4) is 22.6 Å². The summed E-state index contributed by atoms with van der Waals surface area (Å²) in [6, 6.07) is 26.4. The van der Waals surface area contributed by atoms with Crippen LogP contribution in [-0.4, -0.2) is 21.0 Å². The monoisotopic (exact) mass is 559 g/mol. The van der Waals surface area contributed by atoms with E-state index in [4.69, 9.17) is 4.98 Å². The molecular weight excluding hydrogens is 519 g/mol. The summed E-state index contributed by atoms with van der Waals surface area (Å²) < 4.78 is 43.1. The number of nitrogens with zero attached hydrogens (tertiary/aromatic N) is 3. The Labute approximate surface area is 242 Å². The smallest absolute Gasteiger partial charge is 0.326 e. The average Bonchev–Trinajstić information content (AvgIpc) is 3.35. The highest BCUT2D eigenvalue weighted by atomic mass is 19.4. The van der Waals surface area contributed by atoms with E-state index >= 15 is 0 Å². The molecule has 1 heterocycles. The maximum Gasteiger partial charge on any atom is 0.416 e. The SMILES string of the molecule is CCCCn1c(-c2ccccc2)nc(-c2ccccc2)c1CN(Cc1cccc(C(F)(F)F)c1)CC1CCCCC1. The predicted octanol–water partition coefficient (Wildman–Crippen LogP) is 9.62. The van der Waals surface area contributed by atoms with Crippen molar-refractivity contribution in [2.75, 3.05) is 6.54 Å². The fourth-order valence-corrected chi connectivity index (χ4v) is 6.07. The third kappa shape index (κ3) is 7.48. The highest BCUT2D eigenvalue weighted by Crippen LogP contribution is 2.34. The second-order valence-corrected chi connectivity index (χ2v) is 11.3. The van der Waals surface area contributed by atoms with E-state index in [2.05, 4.69) is 40.7 Å². The summed E-state index contributed by atoms with van der Waals surface area (Å²) in [6.07, 6.45) is 3.80. The van der Waals surface area contributed by atoms with Gasteiger partial charge in [-0.05, 0) is 36.8 Å². The summed E-state index contributed by atoms with van der Waals surface area (Å²) in [5, 5.41) is 0. The Hall–Kier alpha value is -3.38. The van der Waals surface area contributed by atoms with Crippen molar-refractivity contribution in [1.29, 1.82) is 0 Å². The average molecular weight is 560 g/mol. The number of hydrogen-bond acceptors (Lipinski definition) is 2. The highest BCUT2D eigenvalue weighted by Gasteiger charge is 2.31. The quantitative estimate of drug-likeness (QED) is 0.182. The topological polar surface area (TPSA) is 21.1 Å². The minimum Gasteiger partial charge on any atom is -0.326 e. The Kier molecular flexibility index (Phi) is 9.60. The summed E-state index contributed by atoms with van der Waals surface area (Å²) in [5.41, 5.74) is 4.33. The Balaban J connectivity index is 1.57. The van der Waals surface area contributed by atoms with Gasteiger partial charge in [-0.3, -0.25) is 4.90 Å². The molecular formula is C35H40F3N3. The predicted molar refractivity (Wildman–Crippen MR) is 160 cm³/mol. The maximum absolute atomic E-state index is 13.6. The second-order valence-electron chi connectivity index (χ2n) is 11.3. The van der Waals surface area contributed by atoms with E-state index in [0.29, 0.717) is 24.6 Å². The molecule has 0 spiro atoms. The van der Waals surface area contributed by atoms with Gasteiger partial charge in [0.1, 0.15) is 5.82 Å². The number of aromatic nitrogens is 2. The van der Waals surface area contributed by atoms with Gasteiger partial charge in [0, 0.05) is 37.3 Å².